The molecule has 1 aromatic heterocycles. The van der Waals surface area contributed by atoms with E-state index in [1.807, 2.05) is 13.0 Å². The summed E-state index contributed by atoms with van der Waals surface area (Å²) in [4.78, 5) is 0. The number of aryl methyl sites for hydroxylation is 1. The Kier molecular flexibility index (Phi) is 2.97. The molecule has 0 radical (unpaired) electrons. The van der Waals surface area contributed by atoms with Gasteiger partial charge in [0.25, 0.3) is 0 Å². The highest BCUT2D eigenvalue weighted by Crippen LogP contribution is 2.21. The molecule has 0 spiro atoms. The van der Waals surface area contributed by atoms with E-state index >= 15 is 0 Å². The lowest BCUT2D eigenvalue weighted by molar-refractivity contribution is 0.626. The van der Waals surface area contributed by atoms with E-state index in [-0.39, 0.29) is 11.9 Å². The highest BCUT2D eigenvalue weighted by atomic mass is 19.1. The molecule has 0 saturated carbocycles. The molecule has 2 nitrogen and oxygen atoms in total. The topological polar surface area (TPSA) is 30.9 Å². The Hall–Kier alpha value is -1.35. The Morgan fingerprint density at radius 2 is 2.12 bits per heavy atom. The summed E-state index contributed by atoms with van der Waals surface area (Å²) in [6.45, 7) is 4.89. The lowest BCUT2D eigenvalue weighted by Crippen LogP contribution is -2.19. The maximum atomic E-state index is 13.2. The van der Waals surface area contributed by atoms with E-state index < -0.39 is 0 Å². The quantitative estimate of drug-likeness (QED) is 0.847. The number of fused-ring (bicyclic) bond motifs is 1. The third-order valence-corrected chi connectivity index (χ3v) is 2.80. The first-order valence-electron chi connectivity index (χ1n) is 5.65. The Labute approximate surface area is 94.9 Å². The summed E-state index contributed by atoms with van der Waals surface area (Å²) in [5, 5.41) is 1.08. The second-order valence-electron chi connectivity index (χ2n) is 4.26. The fraction of sp³-hybridized carbons (Fsp3) is 0.385. The van der Waals surface area contributed by atoms with Gasteiger partial charge in [-0.05, 0) is 38.1 Å². The summed E-state index contributed by atoms with van der Waals surface area (Å²) < 4.78 is 15.3. The normalized spacial score (nSPS) is 13.2. The number of rotatable bonds is 3. The predicted molar refractivity (Wildman–Crippen MR) is 64.9 cm³/mol. The van der Waals surface area contributed by atoms with Gasteiger partial charge < -0.3 is 10.3 Å². The molecule has 2 aromatic rings. The van der Waals surface area contributed by atoms with Crippen molar-refractivity contribution in [3.8, 4) is 0 Å². The molecule has 1 unspecified atom stereocenters. The first-order valence-corrected chi connectivity index (χ1v) is 5.65. The van der Waals surface area contributed by atoms with Crippen LogP contribution in [0.4, 0.5) is 4.39 Å². The summed E-state index contributed by atoms with van der Waals surface area (Å²) in [5.41, 5.74) is 7.95. The van der Waals surface area contributed by atoms with Crippen LogP contribution in [-0.2, 0) is 13.0 Å². The molecular weight excluding hydrogens is 203 g/mol. The van der Waals surface area contributed by atoms with Gasteiger partial charge >= 0.3 is 0 Å². The maximum absolute atomic E-state index is 13.2. The molecule has 0 aliphatic heterocycles. The minimum absolute atomic E-state index is 0.124. The van der Waals surface area contributed by atoms with Crippen LogP contribution in [0.2, 0.25) is 0 Å². The van der Waals surface area contributed by atoms with Crippen LogP contribution in [-0.4, -0.2) is 10.6 Å². The van der Waals surface area contributed by atoms with E-state index in [1.165, 1.54) is 11.8 Å². The Morgan fingerprint density at radius 1 is 1.38 bits per heavy atom. The minimum atomic E-state index is -0.187. The third-order valence-electron chi connectivity index (χ3n) is 2.80. The van der Waals surface area contributed by atoms with Crippen molar-refractivity contribution in [1.82, 2.24) is 4.57 Å². The first kappa shape index (κ1) is 11.1. The molecule has 0 saturated heterocycles. The van der Waals surface area contributed by atoms with Gasteiger partial charge in [0, 0.05) is 30.1 Å². The van der Waals surface area contributed by atoms with Crippen molar-refractivity contribution in [1.29, 1.82) is 0 Å². The van der Waals surface area contributed by atoms with Crippen LogP contribution in [0.25, 0.3) is 10.9 Å². The average Bonchev–Trinajstić information content (AvgIpc) is 2.53. The number of hydrogen-bond donors (Lipinski definition) is 1. The molecule has 86 valence electrons. The van der Waals surface area contributed by atoms with Crippen molar-refractivity contribution in [3.05, 3.63) is 35.8 Å². The van der Waals surface area contributed by atoms with E-state index in [2.05, 4.69) is 17.6 Å². The van der Waals surface area contributed by atoms with Gasteiger partial charge in [0.2, 0.25) is 0 Å². The number of halogens is 1. The van der Waals surface area contributed by atoms with Crippen LogP contribution in [0.1, 0.15) is 19.5 Å². The highest BCUT2D eigenvalue weighted by Gasteiger charge is 2.09. The maximum Gasteiger partial charge on any atom is 0.125 e. The Bertz CT molecular complexity index is 500. The highest BCUT2D eigenvalue weighted by molar-refractivity contribution is 5.81. The van der Waals surface area contributed by atoms with Crippen molar-refractivity contribution in [2.24, 2.45) is 5.73 Å². The predicted octanol–water partition coefficient (Wildman–Crippen LogP) is 2.69. The van der Waals surface area contributed by atoms with Crippen molar-refractivity contribution in [2.45, 2.75) is 32.9 Å². The number of nitrogens with zero attached hydrogens (tertiary/aromatic N) is 1. The molecule has 0 aliphatic rings. The molecule has 0 aliphatic carbocycles. The van der Waals surface area contributed by atoms with E-state index in [1.54, 1.807) is 6.07 Å². The first-order chi connectivity index (χ1) is 7.61. The Morgan fingerprint density at radius 3 is 2.75 bits per heavy atom. The minimum Gasteiger partial charge on any atom is -0.345 e. The van der Waals surface area contributed by atoms with Crippen LogP contribution in [0.15, 0.2) is 24.3 Å². The van der Waals surface area contributed by atoms with E-state index in [0.29, 0.717) is 0 Å². The van der Waals surface area contributed by atoms with Crippen molar-refractivity contribution >= 4 is 10.9 Å². The van der Waals surface area contributed by atoms with Gasteiger partial charge in [-0.15, -0.1) is 0 Å². The molecule has 0 bridgehead atoms. The average molecular weight is 220 g/mol. The lowest BCUT2D eigenvalue weighted by Gasteiger charge is -2.09. The largest absolute Gasteiger partial charge is 0.345 e. The summed E-state index contributed by atoms with van der Waals surface area (Å²) in [5.74, 6) is -0.187. The number of nitrogens with two attached hydrogens (primary N) is 1. The molecule has 16 heavy (non-hydrogen) atoms. The number of aromatic nitrogens is 1. The third kappa shape index (κ3) is 1.95. The van der Waals surface area contributed by atoms with E-state index in [4.69, 9.17) is 5.73 Å². The van der Waals surface area contributed by atoms with Crippen molar-refractivity contribution < 1.29 is 4.39 Å². The molecular formula is C13H17FN2. The van der Waals surface area contributed by atoms with Gasteiger partial charge in [0.05, 0.1) is 5.52 Å². The molecule has 0 fully saturated rings. The van der Waals surface area contributed by atoms with Crippen LogP contribution < -0.4 is 5.73 Å². The van der Waals surface area contributed by atoms with Crippen LogP contribution in [0.5, 0.6) is 0 Å². The van der Waals surface area contributed by atoms with Crippen LogP contribution in [0.3, 0.4) is 0 Å². The smallest absolute Gasteiger partial charge is 0.125 e. The zero-order valence-corrected chi connectivity index (χ0v) is 9.70. The van der Waals surface area contributed by atoms with E-state index in [0.717, 1.165) is 23.9 Å². The zero-order valence-electron chi connectivity index (χ0n) is 9.70. The monoisotopic (exact) mass is 220 g/mol. The van der Waals surface area contributed by atoms with Gasteiger partial charge in [-0.3, -0.25) is 0 Å². The SMILES string of the molecule is CCn1c(CC(C)N)cc2ccc(F)cc21. The molecule has 2 N–H and O–H groups in total. The van der Waals surface area contributed by atoms with Gasteiger partial charge in [0.15, 0.2) is 0 Å². The van der Waals surface area contributed by atoms with Crippen molar-refractivity contribution in [2.75, 3.05) is 0 Å². The van der Waals surface area contributed by atoms with Gasteiger partial charge in [-0.25, -0.2) is 4.39 Å². The fourth-order valence-corrected chi connectivity index (χ4v) is 2.16. The molecule has 1 aromatic carbocycles. The van der Waals surface area contributed by atoms with E-state index in [9.17, 15) is 4.39 Å². The fourth-order valence-electron chi connectivity index (χ4n) is 2.16. The zero-order chi connectivity index (χ0) is 11.7. The number of benzene rings is 1. The standard InChI is InChI=1S/C13H17FN2/c1-3-16-12(6-9(2)15)7-10-4-5-11(14)8-13(10)16/h4-5,7-9H,3,6,15H2,1-2H3. The van der Waals surface area contributed by atoms with Crippen molar-refractivity contribution in [3.63, 3.8) is 0 Å². The molecule has 3 heteroatoms. The summed E-state index contributed by atoms with van der Waals surface area (Å²) in [6, 6.07) is 7.13. The Balaban J connectivity index is 2.57. The van der Waals surface area contributed by atoms with Gasteiger partial charge in [0.1, 0.15) is 5.82 Å². The second kappa shape index (κ2) is 4.26. The molecule has 1 heterocycles. The van der Waals surface area contributed by atoms with Crippen LogP contribution >= 0.6 is 0 Å². The molecule has 0 amide bonds. The second-order valence-corrected chi connectivity index (χ2v) is 4.26. The summed E-state index contributed by atoms with van der Waals surface area (Å²) in [6.07, 6.45) is 0.824. The van der Waals surface area contributed by atoms with Gasteiger partial charge in [-0.2, -0.15) is 0 Å². The molecule has 1 atom stereocenters. The summed E-state index contributed by atoms with van der Waals surface area (Å²) in [7, 11) is 0. The summed E-state index contributed by atoms with van der Waals surface area (Å²) >= 11 is 0. The lowest BCUT2D eigenvalue weighted by atomic mass is 10.2. The van der Waals surface area contributed by atoms with Gasteiger partial charge in [-0.1, -0.05) is 0 Å². The molecule has 2 rings (SSSR count). The van der Waals surface area contributed by atoms with Crippen LogP contribution in [0, 0.1) is 5.82 Å². The number of hydrogen-bond acceptors (Lipinski definition) is 1.